The van der Waals surface area contributed by atoms with Crippen molar-refractivity contribution in [2.45, 2.75) is 33.2 Å². The van der Waals surface area contributed by atoms with E-state index in [1.165, 1.54) is 23.5 Å². The maximum Gasteiger partial charge on any atom is 0.270 e. The van der Waals surface area contributed by atoms with Gasteiger partial charge in [-0.2, -0.15) is 0 Å². The molecule has 130 valence electrons. The molecule has 3 rings (SSSR count). The highest BCUT2D eigenvalue weighted by molar-refractivity contribution is 7.13. The molecular formula is C18H18FN3O2S. The van der Waals surface area contributed by atoms with Crippen molar-refractivity contribution in [3.63, 3.8) is 0 Å². The Labute approximate surface area is 148 Å². The Morgan fingerprint density at radius 1 is 1.28 bits per heavy atom. The second-order valence-electron chi connectivity index (χ2n) is 5.81. The summed E-state index contributed by atoms with van der Waals surface area (Å²) in [4.78, 5) is 21.0. The first kappa shape index (κ1) is 17.3. The van der Waals surface area contributed by atoms with E-state index in [0.29, 0.717) is 34.5 Å². The van der Waals surface area contributed by atoms with Crippen LogP contribution in [0.1, 0.15) is 37.2 Å². The number of hydrogen-bond acceptors (Lipinski definition) is 5. The highest BCUT2D eigenvalue weighted by Gasteiger charge is 2.21. The highest BCUT2D eigenvalue weighted by atomic mass is 32.1. The molecule has 0 atom stereocenters. The summed E-state index contributed by atoms with van der Waals surface area (Å²) in [5.41, 5.74) is 1.68. The van der Waals surface area contributed by atoms with Crippen LogP contribution in [0.4, 0.5) is 4.39 Å². The summed E-state index contributed by atoms with van der Waals surface area (Å²) in [5.74, 6) is 0.525. The van der Waals surface area contributed by atoms with Crippen LogP contribution in [0.5, 0.6) is 0 Å². The summed E-state index contributed by atoms with van der Waals surface area (Å²) in [6.45, 7) is 5.72. The number of nitrogens with one attached hydrogen (secondary N) is 1. The Kier molecular flexibility index (Phi) is 4.94. The van der Waals surface area contributed by atoms with Crippen molar-refractivity contribution in [2.75, 3.05) is 0 Å². The number of nitrogens with zero attached hydrogens (tertiary/aromatic N) is 2. The van der Waals surface area contributed by atoms with Gasteiger partial charge in [-0.1, -0.05) is 6.92 Å². The minimum atomic E-state index is -0.314. The van der Waals surface area contributed by atoms with E-state index < -0.39 is 0 Å². The molecule has 0 spiro atoms. The fraction of sp³-hybridized carbons (Fsp3) is 0.278. The van der Waals surface area contributed by atoms with Crippen molar-refractivity contribution >= 4 is 17.2 Å². The number of rotatable bonds is 5. The molecule has 1 aromatic carbocycles. The quantitative estimate of drug-likeness (QED) is 0.737. The highest BCUT2D eigenvalue weighted by Crippen LogP contribution is 2.34. The van der Waals surface area contributed by atoms with Crippen LogP contribution in [-0.2, 0) is 6.42 Å². The van der Waals surface area contributed by atoms with Gasteiger partial charge < -0.3 is 9.73 Å². The van der Waals surface area contributed by atoms with Crippen LogP contribution in [0.3, 0.4) is 0 Å². The van der Waals surface area contributed by atoms with Gasteiger partial charge in [-0.3, -0.25) is 4.79 Å². The molecule has 1 amide bonds. The number of oxazole rings is 1. The third-order valence-corrected chi connectivity index (χ3v) is 4.28. The van der Waals surface area contributed by atoms with Gasteiger partial charge in [0.2, 0.25) is 0 Å². The van der Waals surface area contributed by atoms with Gasteiger partial charge >= 0.3 is 0 Å². The van der Waals surface area contributed by atoms with Gasteiger partial charge in [0, 0.05) is 23.4 Å². The zero-order chi connectivity index (χ0) is 18.0. The minimum absolute atomic E-state index is 0.0319. The molecule has 0 fully saturated rings. The Morgan fingerprint density at radius 3 is 2.64 bits per heavy atom. The van der Waals surface area contributed by atoms with E-state index >= 15 is 0 Å². The molecule has 0 saturated heterocycles. The van der Waals surface area contributed by atoms with Crippen LogP contribution in [-0.4, -0.2) is 21.9 Å². The van der Waals surface area contributed by atoms with Gasteiger partial charge in [-0.15, -0.1) is 11.3 Å². The zero-order valence-corrected chi connectivity index (χ0v) is 15.0. The Bertz CT molecular complexity index is 884. The fourth-order valence-electron chi connectivity index (χ4n) is 2.28. The van der Waals surface area contributed by atoms with E-state index in [-0.39, 0.29) is 17.8 Å². The van der Waals surface area contributed by atoms with Crippen LogP contribution in [0.25, 0.3) is 22.0 Å². The van der Waals surface area contributed by atoms with Crippen LogP contribution in [0, 0.1) is 5.82 Å². The number of carbonyl (C=O) groups excluding carboxylic acids is 1. The molecule has 25 heavy (non-hydrogen) atoms. The predicted octanol–water partition coefficient (Wildman–Crippen LogP) is 4.30. The zero-order valence-electron chi connectivity index (χ0n) is 14.2. The normalized spacial score (nSPS) is 11.1. The third kappa shape index (κ3) is 3.76. The number of carbonyl (C=O) groups is 1. The second kappa shape index (κ2) is 7.14. The molecule has 1 N–H and O–H groups in total. The smallest absolute Gasteiger partial charge is 0.270 e. The van der Waals surface area contributed by atoms with Crippen LogP contribution >= 0.6 is 11.3 Å². The van der Waals surface area contributed by atoms with Crippen LogP contribution < -0.4 is 5.32 Å². The van der Waals surface area contributed by atoms with Gasteiger partial charge in [-0.05, 0) is 38.1 Å². The number of thiazole rings is 1. The topological polar surface area (TPSA) is 68.0 Å². The lowest BCUT2D eigenvalue weighted by atomic mass is 10.1. The molecule has 0 bridgehead atoms. The number of halogens is 1. The van der Waals surface area contributed by atoms with Gasteiger partial charge in [0.05, 0.1) is 0 Å². The number of hydrogen-bond donors (Lipinski definition) is 1. The Morgan fingerprint density at radius 2 is 2.00 bits per heavy atom. The van der Waals surface area contributed by atoms with Crippen molar-refractivity contribution in [1.29, 1.82) is 0 Å². The third-order valence-electron chi connectivity index (χ3n) is 3.44. The molecule has 7 heteroatoms. The van der Waals surface area contributed by atoms with E-state index in [4.69, 9.17) is 4.42 Å². The molecule has 0 unspecified atom stereocenters. The number of benzene rings is 1. The van der Waals surface area contributed by atoms with Gasteiger partial charge in [-0.25, -0.2) is 14.4 Å². The van der Waals surface area contributed by atoms with E-state index in [2.05, 4.69) is 15.3 Å². The first-order valence-corrected chi connectivity index (χ1v) is 8.88. The largest absolute Gasteiger partial charge is 0.438 e. The van der Waals surface area contributed by atoms with Crippen molar-refractivity contribution in [2.24, 2.45) is 0 Å². The lowest BCUT2D eigenvalue weighted by Crippen LogP contribution is -2.30. The van der Waals surface area contributed by atoms with E-state index in [9.17, 15) is 9.18 Å². The first-order chi connectivity index (χ1) is 12.0. The SMILES string of the molecule is CCc1nc(-c2ccc(F)cc2)c(-c2nc(C(=O)NC(C)C)cs2)o1. The maximum atomic E-state index is 13.2. The van der Waals surface area contributed by atoms with Crippen molar-refractivity contribution in [3.05, 3.63) is 47.0 Å². The fourth-order valence-corrected chi connectivity index (χ4v) is 3.06. The summed E-state index contributed by atoms with van der Waals surface area (Å²) < 4.78 is 19.0. The van der Waals surface area contributed by atoms with E-state index in [1.807, 2.05) is 20.8 Å². The Balaban J connectivity index is 2.00. The number of aromatic nitrogens is 2. The predicted molar refractivity (Wildman–Crippen MR) is 95.0 cm³/mol. The Hall–Kier alpha value is -2.54. The first-order valence-electron chi connectivity index (χ1n) is 8.00. The molecule has 3 aromatic rings. The molecular weight excluding hydrogens is 341 g/mol. The van der Waals surface area contributed by atoms with Crippen LogP contribution in [0.15, 0.2) is 34.1 Å². The molecule has 2 aromatic heterocycles. The number of amides is 1. The van der Waals surface area contributed by atoms with Gasteiger partial charge in [0.15, 0.2) is 16.7 Å². The molecule has 0 aliphatic heterocycles. The van der Waals surface area contributed by atoms with E-state index in [1.54, 1.807) is 17.5 Å². The molecule has 0 aliphatic rings. The van der Waals surface area contributed by atoms with Crippen molar-refractivity contribution < 1.29 is 13.6 Å². The summed E-state index contributed by atoms with van der Waals surface area (Å²) >= 11 is 1.31. The van der Waals surface area contributed by atoms with E-state index in [0.717, 1.165) is 5.56 Å². The molecule has 0 aliphatic carbocycles. The monoisotopic (exact) mass is 359 g/mol. The molecule has 5 nitrogen and oxygen atoms in total. The van der Waals surface area contributed by atoms with Gasteiger partial charge in [0.25, 0.3) is 5.91 Å². The minimum Gasteiger partial charge on any atom is -0.438 e. The summed E-state index contributed by atoms with van der Waals surface area (Å²) in [6.07, 6.45) is 0.625. The molecule has 0 saturated carbocycles. The molecule has 2 heterocycles. The lowest BCUT2D eigenvalue weighted by molar-refractivity contribution is 0.0939. The summed E-state index contributed by atoms with van der Waals surface area (Å²) in [5, 5.41) is 5.07. The lowest BCUT2D eigenvalue weighted by Gasteiger charge is -2.05. The number of aryl methyl sites for hydroxylation is 1. The maximum absolute atomic E-state index is 13.2. The average molecular weight is 359 g/mol. The van der Waals surface area contributed by atoms with Crippen molar-refractivity contribution in [1.82, 2.24) is 15.3 Å². The summed E-state index contributed by atoms with van der Waals surface area (Å²) in [6, 6.07) is 6.09. The second-order valence-corrected chi connectivity index (χ2v) is 6.67. The van der Waals surface area contributed by atoms with Crippen LogP contribution in [0.2, 0.25) is 0 Å². The van der Waals surface area contributed by atoms with Crippen molar-refractivity contribution in [3.8, 4) is 22.0 Å². The standard InChI is InChI=1S/C18H18FN3O2S/c1-4-14-22-15(11-5-7-12(19)8-6-11)16(24-14)18-21-13(9-25-18)17(23)20-10(2)3/h5-10H,4H2,1-3H3,(H,20,23). The molecule has 0 radical (unpaired) electrons. The summed E-state index contributed by atoms with van der Waals surface area (Å²) in [7, 11) is 0. The average Bonchev–Trinajstić information content (AvgIpc) is 3.21. The van der Waals surface area contributed by atoms with Gasteiger partial charge in [0.1, 0.15) is 17.2 Å².